The van der Waals surface area contributed by atoms with E-state index < -0.39 is 0 Å². The maximum Gasteiger partial charge on any atom is 1.00 e. The minimum Gasteiger partial charge on any atom is -0.542 e. The number of rotatable bonds is 0. The molecule has 0 unspecified atom stereocenters. The molecule has 2 heteroatoms. The standard InChI is InChI=1S/C2H3O.Os/c1-2-3;/h1H3;/q-1;+1. The predicted octanol–water partition coefficient (Wildman–Crippen LogP) is 0.113. The zero-order chi connectivity index (χ0) is 2.71. The van der Waals surface area contributed by atoms with Crippen molar-refractivity contribution >= 4 is 6.29 Å². The second kappa shape index (κ2) is 10.3. The minimum absolute atomic E-state index is 0. The first kappa shape index (κ1) is 8.85. The monoisotopic (exact) mass is 235 g/mol. The molecule has 0 heterocycles. The molecule has 0 spiro atoms. The van der Waals surface area contributed by atoms with Crippen LogP contribution in [-0.4, -0.2) is 6.29 Å². The van der Waals surface area contributed by atoms with Crippen molar-refractivity contribution in [3.05, 3.63) is 0 Å². The molecule has 1 nitrogen and oxygen atoms in total. The normalized spacial score (nSPS) is 3.25. The van der Waals surface area contributed by atoms with Crippen LogP contribution in [-0.2, 0) is 24.6 Å². The van der Waals surface area contributed by atoms with Crippen LogP contribution in [0.5, 0.6) is 0 Å². The molecule has 0 rings (SSSR count). The number of hydrogen-bond acceptors (Lipinski definition) is 1. The summed E-state index contributed by atoms with van der Waals surface area (Å²) < 4.78 is 0. The SMILES string of the molecule is C[C-]=O.[Os+]. The van der Waals surface area contributed by atoms with E-state index in [-0.39, 0.29) is 19.8 Å². The Labute approximate surface area is 38.4 Å². The van der Waals surface area contributed by atoms with Crippen molar-refractivity contribution in [1.82, 2.24) is 0 Å². The Hall–Kier alpha value is 0.306. The molecule has 0 aliphatic rings. The molecular formula is C2H3OOs. The molecule has 0 bridgehead atoms. The van der Waals surface area contributed by atoms with Gasteiger partial charge in [-0.15, -0.1) is 0 Å². The molecule has 0 atom stereocenters. The molecule has 0 aromatic rings. The van der Waals surface area contributed by atoms with Crippen LogP contribution in [0.1, 0.15) is 6.92 Å². The summed E-state index contributed by atoms with van der Waals surface area (Å²) in [6.45, 7) is 1.32. The Morgan fingerprint density at radius 3 is 1.75 bits per heavy atom. The fourth-order valence-corrected chi connectivity index (χ4v) is 0. The molecule has 25 valence electrons. The van der Waals surface area contributed by atoms with Crippen molar-refractivity contribution in [2.24, 2.45) is 0 Å². The fraction of sp³-hybridized carbons (Fsp3) is 0.500. The van der Waals surface area contributed by atoms with Gasteiger partial charge in [-0.05, 0) is 0 Å². The van der Waals surface area contributed by atoms with Crippen LogP contribution in [0.3, 0.4) is 0 Å². The van der Waals surface area contributed by atoms with E-state index in [1.54, 1.807) is 0 Å². The minimum atomic E-state index is 0. The van der Waals surface area contributed by atoms with Crippen molar-refractivity contribution in [2.45, 2.75) is 6.92 Å². The smallest absolute Gasteiger partial charge is 0.542 e. The molecule has 0 fully saturated rings. The summed E-state index contributed by atoms with van der Waals surface area (Å²) in [7, 11) is 0. The zero-order valence-corrected chi connectivity index (χ0v) is 4.80. The predicted molar refractivity (Wildman–Crippen MR) is 11.4 cm³/mol. The molecule has 0 aromatic heterocycles. The van der Waals surface area contributed by atoms with Crippen molar-refractivity contribution < 1.29 is 24.6 Å². The van der Waals surface area contributed by atoms with Gasteiger partial charge in [0, 0.05) is 0 Å². The molecule has 0 aliphatic carbocycles. The van der Waals surface area contributed by atoms with Gasteiger partial charge in [-0.1, -0.05) is 0 Å². The van der Waals surface area contributed by atoms with Crippen LogP contribution < -0.4 is 0 Å². The van der Waals surface area contributed by atoms with E-state index in [1.165, 1.54) is 13.2 Å². The first-order valence-corrected chi connectivity index (χ1v) is 0.704. The summed E-state index contributed by atoms with van der Waals surface area (Å²) in [6, 6.07) is 0. The van der Waals surface area contributed by atoms with E-state index in [2.05, 4.69) is 0 Å². The van der Waals surface area contributed by atoms with Gasteiger partial charge in [0.25, 0.3) is 0 Å². The van der Waals surface area contributed by atoms with Gasteiger partial charge in [0.1, 0.15) is 0 Å². The molecule has 0 saturated heterocycles. The summed E-state index contributed by atoms with van der Waals surface area (Å²) in [5.41, 5.74) is 0. The van der Waals surface area contributed by atoms with Crippen LogP contribution in [0.4, 0.5) is 0 Å². The Morgan fingerprint density at radius 1 is 1.75 bits per heavy atom. The Bertz CT molecular complexity index is 13.5. The summed E-state index contributed by atoms with van der Waals surface area (Å²) >= 11 is 0. The molecular weight excluding hydrogens is 230 g/mol. The third-order valence-electron chi connectivity index (χ3n) is 0. The van der Waals surface area contributed by atoms with Crippen molar-refractivity contribution in [3.8, 4) is 0 Å². The molecule has 4 heavy (non-hydrogen) atoms. The van der Waals surface area contributed by atoms with E-state index in [4.69, 9.17) is 4.79 Å². The molecule has 0 saturated carbocycles. The van der Waals surface area contributed by atoms with E-state index in [1.807, 2.05) is 0 Å². The first-order valence-electron chi connectivity index (χ1n) is 0.704. The van der Waals surface area contributed by atoms with Crippen molar-refractivity contribution in [1.29, 1.82) is 0 Å². The Balaban J connectivity index is 0. The van der Waals surface area contributed by atoms with Crippen molar-refractivity contribution in [3.63, 3.8) is 0 Å². The van der Waals surface area contributed by atoms with Gasteiger partial charge in [-0.25, -0.2) is 0 Å². The average Bonchev–Trinajstić information content (AvgIpc) is 0.918. The van der Waals surface area contributed by atoms with E-state index in [0.29, 0.717) is 0 Å². The summed E-state index contributed by atoms with van der Waals surface area (Å²) in [4.78, 5) is 8.68. The fourth-order valence-electron chi connectivity index (χ4n) is 0. The summed E-state index contributed by atoms with van der Waals surface area (Å²) in [5.74, 6) is 0. The second-order valence-electron chi connectivity index (χ2n) is 0.204. The van der Waals surface area contributed by atoms with Crippen LogP contribution in [0, 0.1) is 0 Å². The Morgan fingerprint density at radius 2 is 1.75 bits per heavy atom. The Kier molecular flexibility index (Phi) is 22.8. The maximum absolute atomic E-state index is 8.68. The topological polar surface area (TPSA) is 17.1 Å². The third-order valence-corrected chi connectivity index (χ3v) is 0. The van der Waals surface area contributed by atoms with Gasteiger partial charge >= 0.3 is 19.8 Å². The molecule has 0 amide bonds. The zero-order valence-electron chi connectivity index (χ0n) is 2.26. The van der Waals surface area contributed by atoms with Crippen LogP contribution >= 0.6 is 0 Å². The van der Waals surface area contributed by atoms with Gasteiger partial charge in [0.05, 0.1) is 0 Å². The van der Waals surface area contributed by atoms with E-state index in [0.717, 1.165) is 0 Å². The van der Waals surface area contributed by atoms with E-state index >= 15 is 0 Å². The van der Waals surface area contributed by atoms with Crippen LogP contribution in [0.15, 0.2) is 0 Å². The van der Waals surface area contributed by atoms with Gasteiger partial charge in [-0.3, -0.25) is 6.29 Å². The average molecular weight is 233 g/mol. The summed E-state index contributed by atoms with van der Waals surface area (Å²) in [6.07, 6.45) is 1.50. The molecule has 0 aromatic carbocycles. The molecule has 0 aliphatic heterocycles. The largest absolute Gasteiger partial charge is 1.00 e. The van der Waals surface area contributed by atoms with Crippen LogP contribution in [0.2, 0.25) is 0 Å². The first-order chi connectivity index (χ1) is 1.41. The van der Waals surface area contributed by atoms with Crippen molar-refractivity contribution in [2.75, 3.05) is 0 Å². The third kappa shape index (κ3) is 41.9. The van der Waals surface area contributed by atoms with Gasteiger partial charge in [0.2, 0.25) is 0 Å². The summed E-state index contributed by atoms with van der Waals surface area (Å²) in [5, 5.41) is 0. The molecule has 1 radical (unpaired) electrons. The maximum atomic E-state index is 8.68. The second-order valence-corrected chi connectivity index (χ2v) is 0.204. The number of hydrogen-bond donors (Lipinski definition) is 0. The molecule has 0 N–H and O–H groups in total. The van der Waals surface area contributed by atoms with Gasteiger partial charge in [-0.2, -0.15) is 6.92 Å². The quantitative estimate of drug-likeness (QED) is 0.543. The van der Waals surface area contributed by atoms with Gasteiger partial charge in [0.15, 0.2) is 0 Å². The number of carbonyl (C=O) groups excluding carboxylic acids is 1. The van der Waals surface area contributed by atoms with Crippen LogP contribution in [0.25, 0.3) is 0 Å². The van der Waals surface area contributed by atoms with Gasteiger partial charge < -0.3 is 4.79 Å². The van der Waals surface area contributed by atoms with E-state index in [9.17, 15) is 0 Å².